The van der Waals surface area contributed by atoms with Crippen LogP contribution in [-0.4, -0.2) is 45.1 Å². The van der Waals surface area contributed by atoms with Gasteiger partial charge in [0.2, 0.25) is 5.91 Å². The summed E-state index contributed by atoms with van der Waals surface area (Å²) in [6.07, 6.45) is 6.55. The molecule has 6 heteroatoms. The van der Waals surface area contributed by atoms with Crippen LogP contribution in [0.4, 0.5) is 0 Å². The highest BCUT2D eigenvalue weighted by Crippen LogP contribution is 2.33. The minimum atomic E-state index is -0.0935. The van der Waals surface area contributed by atoms with Gasteiger partial charge in [-0.15, -0.1) is 0 Å². The van der Waals surface area contributed by atoms with Crippen LogP contribution < -0.4 is 0 Å². The topological polar surface area (TPSA) is 40.6 Å². The lowest BCUT2D eigenvalue weighted by Crippen LogP contribution is -2.44. The van der Waals surface area contributed by atoms with Crippen LogP contribution in [0.2, 0.25) is 0 Å². The molecule has 0 N–H and O–H groups in total. The van der Waals surface area contributed by atoms with Crippen molar-refractivity contribution in [3.05, 3.63) is 40.3 Å². The highest BCUT2D eigenvalue weighted by atomic mass is 32.2. The molecule has 2 heterocycles. The molecule has 0 saturated carbocycles. The van der Waals surface area contributed by atoms with Gasteiger partial charge < -0.3 is 4.90 Å². The number of hydrogen-bond acceptors (Lipinski definition) is 4. The van der Waals surface area contributed by atoms with Crippen molar-refractivity contribution in [3.8, 4) is 0 Å². The number of nitrogens with zero attached hydrogens (tertiary/aromatic N) is 2. The monoisotopic (exact) mass is 402 g/mol. The highest BCUT2D eigenvalue weighted by molar-refractivity contribution is 8.26. The van der Waals surface area contributed by atoms with Gasteiger partial charge in [0.25, 0.3) is 5.91 Å². The number of rotatable bonds is 5. The van der Waals surface area contributed by atoms with Gasteiger partial charge in [-0.3, -0.25) is 14.5 Å². The maximum absolute atomic E-state index is 12.7. The third-order valence-electron chi connectivity index (χ3n) is 5.22. The van der Waals surface area contributed by atoms with Gasteiger partial charge in [-0.05, 0) is 44.2 Å². The predicted molar refractivity (Wildman–Crippen MR) is 115 cm³/mol. The van der Waals surface area contributed by atoms with Crippen LogP contribution >= 0.6 is 24.0 Å². The molecule has 1 atom stereocenters. The number of carbonyl (C=O) groups excluding carboxylic acids is 2. The summed E-state index contributed by atoms with van der Waals surface area (Å²) in [5.41, 5.74) is 2.16. The number of thiocarbonyl (C=S) groups is 1. The van der Waals surface area contributed by atoms with Crippen molar-refractivity contribution < 1.29 is 9.59 Å². The average molecular weight is 403 g/mol. The molecule has 2 aliphatic heterocycles. The number of piperidine rings is 1. The second-order valence-electron chi connectivity index (χ2n) is 7.14. The summed E-state index contributed by atoms with van der Waals surface area (Å²) in [6, 6.07) is 8.38. The Bertz CT molecular complexity index is 758. The summed E-state index contributed by atoms with van der Waals surface area (Å²) in [4.78, 5) is 29.6. The third kappa shape index (κ3) is 4.79. The maximum Gasteiger partial charge on any atom is 0.266 e. The zero-order chi connectivity index (χ0) is 19.4. The Morgan fingerprint density at radius 3 is 2.74 bits per heavy atom. The first-order valence-corrected chi connectivity index (χ1v) is 10.8. The van der Waals surface area contributed by atoms with E-state index in [0.29, 0.717) is 28.2 Å². The first kappa shape index (κ1) is 20.1. The van der Waals surface area contributed by atoms with Crippen LogP contribution in [-0.2, 0) is 9.59 Å². The molecule has 2 saturated heterocycles. The molecule has 2 amide bonds. The molecule has 0 aromatic heterocycles. The van der Waals surface area contributed by atoms with Gasteiger partial charge in [0.15, 0.2) is 0 Å². The van der Waals surface area contributed by atoms with Crippen molar-refractivity contribution in [2.75, 3.05) is 13.1 Å². The molecule has 0 radical (unpaired) electrons. The number of thioether (sulfide) groups is 1. The summed E-state index contributed by atoms with van der Waals surface area (Å²) < 4.78 is 0.539. The summed E-state index contributed by atoms with van der Waals surface area (Å²) in [5, 5.41) is 0. The third-order valence-corrected chi connectivity index (χ3v) is 6.59. The largest absolute Gasteiger partial charge is 0.340 e. The van der Waals surface area contributed by atoms with Gasteiger partial charge in [-0.2, -0.15) is 0 Å². The van der Waals surface area contributed by atoms with Crippen molar-refractivity contribution >= 4 is 46.2 Å². The van der Waals surface area contributed by atoms with Crippen LogP contribution in [0, 0.1) is 6.92 Å². The smallest absolute Gasteiger partial charge is 0.266 e. The van der Waals surface area contributed by atoms with E-state index >= 15 is 0 Å². The maximum atomic E-state index is 12.7. The Morgan fingerprint density at radius 2 is 2.04 bits per heavy atom. The Kier molecular flexibility index (Phi) is 6.71. The number of amides is 2. The molecule has 4 nitrogen and oxygen atoms in total. The van der Waals surface area contributed by atoms with Gasteiger partial charge in [0, 0.05) is 25.6 Å². The van der Waals surface area contributed by atoms with Crippen molar-refractivity contribution in [2.24, 2.45) is 0 Å². The highest BCUT2D eigenvalue weighted by Gasteiger charge is 2.33. The molecule has 2 fully saturated rings. The van der Waals surface area contributed by atoms with E-state index in [4.69, 9.17) is 12.2 Å². The fraction of sp³-hybridized carbons (Fsp3) is 0.476. The molecule has 0 bridgehead atoms. The second kappa shape index (κ2) is 9.02. The predicted octanol–water partition coefficient (Wildman–Crippen LogP) is 4.38. The molecule has 1 aromatic rings. The van der Waals surface area contributed by atoms with E-state index < -0.39 is 0 Å². The van der Waals surface area contributed by atoms with Crippen LogP contribution in [0.15, 0.2) is 29.2 Å². The van der Waals surface area contributed by atoms with Gasteiger partial charge in [-0.25, -0.2) is 0 Å². The molecule has 0 aliphatic carbocycles. The molecule has 3 rings (SSSR count). The van der Waals surface area contributed by atoms with Gasteiger partial charge >= 0.3 is 0 Å². The molecular weight excluding hydrogens is 376 g/mol. The SMILES string of the molecule is CCC1CCCCN1C(=O)CCN1C(=O)/C(=C/c2ccc(C)cc2)SC1=S. The molecule has 1 aromatic carbocycles. The van der Waals surface area contributed by atoms with Crippen LogP contribution in [0.5, 0.6) is 0 Å². The first-order valence-electron chi connectivity index (χ1n) is 9.61. The molecule has 27 heavy (non-hydrogen) atoms. The normalized spacial score (nSPS) is 22.0. The summed E-state index contributed by atoms with van der Waals surface area (Å²) in [5.74, 6) is 0.0437. The minimum absolute atomic E-state index is 0.0935. The number of hydrogen-bond donors (Lipinski definition) is 0. The van der Waals surface area contributed by atoms with Gasteiger partial charge in [-0.1, -0.05) is 60.7 Å². The van der Waals surface area contributed by atoms with Crippen LogP contribution in [0.25, 0.3) is 6.08 Å². The lowest BCUT2D eigenvalue weighted by Gasteiger charge is -2.35. The van der Waals surface area contributed by atoms with E-state index in [-0.39, 0.29) is 11.8 Å². The quantitative estimate of drug-likeness (QED) is 0.541. The Morgan fingerprint density at radius 1 is 1.30 bits per heavy atom. The van der Waals surface area contributed by atoms with Crippen molar-refractivity contribution in [1.82, 2.24) is 9.80 Å². The molecule has 0 spiro atoms. The summed E-state index contributed by atoms with van der Waals surface area (Å²) in [7, 11) is 0. The summed E-state index contributed by atoms with van der Waals surface area (Å²) in [6.45, 7) is 5.37. The number of aryl methyl sites for hydroxylation is 1. The van der Waals surface area contributed by atoms with Crippen molar-refractivity contribution in [3.63, 3.8) is 0 Å². The summed E-state index contributed by atoms with van der Waals surface area (Å²) >= 11 is 6.71. The van der Waals surface area contributed by atoms with E-state index in [9.17, 15) is 9.59 Å². The number of likely N-dealkylation sites (tertiary alicyclic amines) is 1. The van der Waals surface area contributed by atoms with Crippen molar-refractivity contribution in [2.45, 2.75) is 52.0 Å². The van der Waals surface area contributed by atoms with Crippen LogP contribution in [0.1, 0.15) is 50.2 Å². The molecule has 2 aliphatic rings. The first-order chi connectivity index (χ1) is 13.0. The fourth-order valence-electron chi connectivity index (χ4n) is 3.61. The molecular formula is C21H26N2O2S2. The molecule has 144 valence electrons. The van der Waals surface area contributed by atoms with Crippen molar-refractivity contribution in [1.29, 1.82) is 0 Å². The van der Waals surface area contributed by atoms with E-state index in [0.717, 1.165) is 31.4 Å². The second-order valence-corrected chi connectivity index (χ2v) is 8.81. The number of carbonyl (C=O) groups is 2. The van der Waals surface area contributed by atoms with E-state index in [1.807, 2.05) is 42.2 Å². The Hall–Kier alpha value is -1.66. The lowest BCUT2D eigenvalue weighted by molar-refractivity contribution is -0.135. The Labute approximate surface area is 171 Å². The fourth-order valence-corrected chi connectivity index (χ4v) is 4.92. The molecule has 1 unspecified atom stereocenters. The number of benzene rings is 1. The standard InChI is InChI=1S/C21H26N2O2S2/c1-3-17-6-4-5-12-22(17)19(24)11-13-23-20(25)18(27-21(23)26)14-16-9-7-15(2)8-10-16/h7-10,14,17H,3-6,11-13H2,1-2H3/b18-14-. The minimum Gasteiger partial charge on any atom is -0.340 e. The van der Waals surface area contributed by atoms with Gasteiger partial charge in [0.05, 0.1) is 4.91 Å². The Balaban J connectivity index is 1.62. The van der Waals surface area contributed by atoms with E-state index in [1.165, 1.54) is 23.7 Å². The van der Waals surface area contributed by atoms with E-state index in [2.05, 4.69) is 6.92 Å². The lowest BCUT2D eigenvalue weighted by atomic mass is 9.99. The zero-order valence-corrected chi connectivity index (χ0v) is 17.6. The van der Waals surface area contributed by atoms with Gasteiger partial charge in [0.1, 0.15) is 4.32 Å². The van der Waals surface area contributed by atoms with Crippen LogP contribution in [0.3, 0.4) is 0 Å². The average Bonchev–Trinajstić information content (AvgIpc) is 2.94. The van der Waals surface area contributed by atoms with E-state index in [1.54, 1.807) is 4.90 Å². The zero-order valence-electron chi connectivity index (χ0n) is 15.9.